The maximum Gasteiger partial charge on any atom is 0.235 e. The molecule has 25 heavy (non-hydrogen) atoms. The van der Waals surface area contributed by atoms with E-state index in [4.69, 9.17) is 5.73 Å². The van der Waals surface area contributed by atoms with Gasteiger partial charge in [-0.3, -0.25) is 4.79 Å². The molecule has 0 fully saturated rings. The summed E-state index contributed by atoms with van der Waals surface area (Å²) in [6.45, 7) is 1.87. The van der Waals surface area contributed by atoms with Gasteiger partial charge in [0.1, 0.15) is 28.2 Å². The predicted octanol–water partition coefficient (Wildman–Crippen LogP) is 2.75. The summed E-state index contributed by atoms with van der Waals surface area (Å²) in [6.07, 6.45) is 0.503. The van der Waals surface area contributed by atoms with Crippen LogP contribution in [0.15, 0.2) is 35.4 Å². The van der Waals surface area contributed by atoms with Crippen LogP contribution in [0.25, 0.3) is 0 Å². The first-order chi connectivity index (χ1) is 12.1. The van der Waals surface area contributed by atoms with Crippen molar-refractivity contribution < 1.29 is 4.79 Å². The number of hydrogen-bond acceptors (Lipinski definition) is 6. The fourth-order valence-electron chi connectivity index (χ4n) is 2.50. The van der Waals surface area contributed by atoms with Crippen LogP contribution in [0.1, 0.15) is 34.4 Å². The number of carbonyl (C=O) groups excluding carboxylic acids is 1. The van der Waals surface area contributed by atoms with Gasteiger partial charge in [0.05, 0.1) is 11.1 Å². The second-order valence-corrected chi connectivity index (χ2v) is 6.23. The molecule has 1 amide bonds. The number of nitrogens with two attached hydrogens (primary N) is 1. The van der Waals surface area contributed by atoms with E-state index in [9.17, 15) is 15.3 Å². The van der Waals surface area contributed by atoms with Crippen molar-refractivity contribution in [3.63, 3.8) is 0 Å². The zero-order valence-electron chi connectivity index (χ0n) is 13.9. The highest BCUT2D eigenvalue weighted by Gasteiger charge is 2.25. The van der Waals surface area contributed by atoms with Crippen molar-refractivity contribution in [3.8, 4) is 12.1 Å². The Morgan fingerprint density at radius 3 is 2.40 bits per heavy atom. The Kier molecular flexibility index (Phi) is 5.99. The lowest BCUT2D eigenvalue weighted by Crippen LogP contribution is -2.19. The van der Waals surface area contributed by atoms with Gasteiger partial charge < -0.3 is 11.1 Å². The number of anilines is 1. The van der Waals surface area contributed by atoms with Gasteiger partial charge in [-0.1, -0.05) is 49.0 Å². The zero-order valence-corrected chi connectivity index (χ0v) is 14.7. The highest BCUT2D eigenvalue weighted by molar-refractivity contribution is 8.00. The Morgan fingerprint density at radius 2 is 1.92 bits per heavy atom. The molecule has 0 saturated heterocycles. The number of nitrogens with zero attached hydrogens (tertiary/aromatic N) is 3. The first kappa shape index (κ1) is 18.3. The summed E-state index contributed by atoms with van der Waals surface area (Å²) in [5.74, 6) is -0.132. The molecule has 0 radical (unpaired) electrons. The molecule has 1 heterocycles. The Morgan fingerprint density at radius 1 is 1.28 bits per heavy atom. The molecule has 1 aromatic carbocycles. The summed E-state index contributed by atoms with van der Waals surface area (Å²) in [6, 6.07) is 13.3. The van der Waals surface area contributed by atoms with E-state index in [1.807, 2.05) is 25.1 Å². The van der Waals surface area contributed by atoms with Crippen LogP contribution in [0.5, 0.6) is 0 Å². The molecule has 0 bridgehead atoms. The third kappa shape index (κ3) is 3.73. The maximum absolute atomic E-state index is 12.0. The molecule has 1 aromatic heterocycles. The van der Waals surface area contributed by atoms with E-state index in [1.165, 1.54) is 0 Å². The number of primary amides is 1. The summed E-state index contributed by atoms with van der Waals surface area (Å²) in [4.78, 5) is 16.3. The van der Waals surface area contributed by atoms with Gasteiger partial charge in [0.2, 0.25) is 5.91 Å². The minimum Gasteiger partial charge on any atom is -0.372 e. The van der Waals surface area contributed by atoms with Gasteiger partial charge in [0.15, 0.2) is 0 Å². The molecule has 1 unspecified atom stereocenters. The quantitative estimate of drug-likeness (QED) is 0.773. The number of aromatic nitrogens is 1. The molecule has 2 aromatic rings. The average molecular weight is 351 g/mol. The molecule has 126 valence electrons. The highest BCUT2D eigenvalue weighted by Crippen LogP contribution is 2.38. The number of nitrogens with one attached hydrogen (secondary N) is 1. The Hall–Kier alpha value is -3.03. The number of pyridine rings is 1. The second-order valence-electron chi connectivity index (χ2n) is 5.13. The zero-order chi connectivity index (χ0) is 18.4. The fourth-order valence-corrected chi connectivity index (χ4v) is 3.56. The summed E-state index contributed by atoms with van der Waals surface area (Å²) in [7, 11) is 1.66. The number of amides is 1. The van der Waals surface area contributed by atoms with E-state index in [-0.39, 0.29) is 0 Å². The van der Waals surface area contributed by atoms with Crippen molar-refractivity contribution in [3.05, 3.63) is 52.6 Å². The van der Waals surface area contributed by atoms with Crippen LogP contribution < -0.4 is 11.1 Å². The molecule has 3 N–H and O–H groups in total. The van der Waals surface area contributed by atoms with Crippen LogP contribution in [-0.4, -0.2) is 17.9 Å². The molecule has 0 aliphatic heterocycles. The normalized spacial score (nSPS) is 11.2. The number of benzene rings is 1. The van der Waals surface area contributed by atoms with Gasteiger partial charge in [-0.25, -0.2) is 4.98 Å². The molecule has 6 nitrogen and oxygen atoms in total. The summed E-state index contributed by atoms with van der Waals surface area (Å²) >= 11 is 1.12. The van der Waals surface area contributed by atoms with E-state index in [2.05, 4.69) is 22.4 Å². The number of thioether (sulfide) groups is 1. The molecular weight excluding hydrogens is 334 g/mol. The summed E-state index contributed by atoms with van der Waals surface area (Å²) in [5, 5.41) is 21.6. The molecule has 7 heteroatoms. The predicted molar refractivity (Wildman–Crippen MR) is 96.8 cm³/mol. The van der Waals surface area contributed by atoms with Gasteiger partial charge in [0, 0.05) is 7.05 Å². The van der Waals surface area contributed by atoms with Gasteiger partial charge in [-0.2, -0.15) is 10.5 Å². The third-order valence-corrected chi connectivity index (χ3v) is 4.93. The lowest BCUT2D eigenvalue weighted by molar-refractivity contribution is -0.117. The van der Waals surface area contributed by atoms with Gasteiger partial charge in [-0.05, 0) is 17.5 Å². The van der Waals surface area contributed by atoms with Crippen LogP contribution >= 0.6 is 11.8 Å². The minimum absolute atomic E-state index is 0.310. The van der Waals surface area contributed by atoms with E-state index >= 15 is 0 Å². The Labute approximate surface area is 150 Å². The SMILES string of the molecule is CCc1c(C#N)c(NC)nc(SC(C(N)=O)c2ccccc2)c1C#N. The van der Waals surface area contributed by atoms with Gasteiger partial charge >= 0.3 is 0 Å². The van der Waals surface area contributed by atoms with Crippen molar-refractivity contribution in [1.82, 2.24) is 4.98 Å². The number of carbonyl (C=O) groups is 1. The van der Waals surface area contributed by atoms with Crippen LogP contribution in [0.2, 0.25) is 0 Å². The first-order valence-electron chi connectivity index (χ1n) is 7.63. The first-order valence-corrected chi connectivity index (χ1v) is 8.51. The van der Waals surface area contributed by atoms with E-state index in [1.54, 1.807) is 19.2 Å². The topological polar surface area (TPSA) is 116 Å². The van der Waals surface area contributed by atoms with Crippen LogP contribution in [0.4, 0.5) is 5.82 Å². The molecule has 0 aliphatic rings. The number of hydrogen-bond donors (Lipinski definition) is 2. The van der Waals surface area contributed by atoms with Crippen LogP contribution in [0.3, 0.4) is 0 Å². The van der Waals surface area contributed by atoms with Crippen molar-refractivity contribution in [2.24, 2.45) is 5.73 Å². The lowest BCUT2D eigenvalue weighted by Gasteiger charge is -2.17. The van der Waals surface area contributed by atoms with Crippen molar-refractivity contribution >= 4 is 23.5 Å². The number of rotatable bonds is 6. The molecular formula is C18H17N5OS. The maximum atomic E-state index is 12.0. The van der Waals surface area contributed by atoms with Crippen molar-refractivity contribution in [1.29, 1.82) is 10.5 Å². The molecule has 2 rings (SSSR count). The molecule has 0 aliphatic carbocycles. The van der Waals surface area contributed by atoms with Gasteiger partial charge in [-0.15, -0.1) is 0 Å². The molecule has 0 saturated carbocycles. The van der Waals surface area contributed by atoms with E-state index in [0.717, 1.165) is 17.3 Å². The molecule has 1 atom stereocenters. The molecule has 0 spiro atoms. The third-order valence-electron chi connectivity index (χ3n) is 3.67. The highest BCUT2D eigenvalue weighted by atomic mass is 32.2. The monoisotopic (exact) mass is 351 g/mol. The van der Waals surface area contributed by atoms with Crippen LogP contribution in [0, 0.1) is 22.7 Å². The standard InChI is InChI=1S/C18H17N5OS/c1-3-12-13(9-19)17(22-2)23-18(14(12)10-20)25-15(16(21)24)11-7-5-4-6-8-11/h4-8,15H,3H2,1-2H3,(H2,21,24)(H,22,23). The minimum atomic E-state index is -0.678. The Bertz CT molecular complexity index is 868. The lowest BCUT2D eigenvalue weighted by atomic mass is 10.0. The van der Waals surface area contributed by atoms with Crippen molar-refractivity contribution in [2.45, 2.75) is 23.6 Å². The Balaban J connectivity index is 2.60. The largest absolute Gasteiger partial charge is 0.372 e. The van der Waals surface area contributed by atoms with E-state index < -0.39 is 11.2 Å². The van der Waals surface area contributed by atoms with Crippen molar-refractivity contribution in [2.75, 3.05) is 12.4 Å². The second kappa shape index (κ2) is 8.18. The smallest absolute Gasteiger partial charge is 0.235 e. The summed E-state index contributed by atoms with van der Waals surface area (Å²) < 4.78 is 0. The number of nitriles is 2. The average Bonchev–Trinajstić information content (AvgIpc) is 2.64. The van der Waals surface area contributed by atoms with Gasteiger partial charge in [0.25, 0.3) is 0 Å². The summed E-state index contributed by atoms with van der Waals surface area (Å²) in [5.41, 5.74) is 7.57. The van der Waals surface area contributed by atoms with Crippen LogP contribution in [-0.2, 0) is 11.2 Å². The fraction of sp³-hybridized carbons (Fsp3) is 0.222. The van der Waals surface area contributed by atoms with E-state index in [0.29, 0.717) is 34.0 Å².